The second kappa shape index (κ2) is 4.29. The molecule has 3 nitrogen and oxygen atoms in total. The summed E-state index contributed by atoms with van der Waals surface area (Å²) in [5, 5.41) is 3.46. The van der Waals surface area contributed by atoms with Gasteiger partial charge < -0.3 is 10.1 Å². The largest absolute Gasteiger partial charge is 0.380 e. The predicted molar refractivity (Wildman–Crippen MR) is 59.6 cm³/mol. The van der Waals surface area contributed by atoms with Crippen molar-refractivity contribution in [3.63, 3.8) is 0 Å². The Kier molecular flexibility index (Phi) is 3.03. The number of hydrogen-bond donors (Lipinski definition) is 1. The van der Waals surface area contributed by atoms with Crippen molar-refractivity contribution >= 4 is 0 Å². The smallest absolute Gasteiger partial charge is 0.0554 e. The van der Waals surface area contributed by atoms with Crippen molar-refractivity contribution in [2.45, 2.75) is 20.4 Å². The van der Waals surface area contributed by atoms with Gasteiger partial charge in [0.05, 0.1) is 13.2 Å². The van der Waals surface area contributed by atoms with Gasteiger partial charge in [-0.1, -0.05) is 13.0 Å². The van der Waals surface area contributed by atoms with Crippen LogP contribution in [0.25, 0.3) is 0 Å². The van der Waals surface area contributed by atoms with Crippen molar-refractivity contribution in [3.8, 4) is 0 Å². The van der Waals surface area contributed by atoms with Gasteiger partial charge in [-0.25, -0.2) is 0 Å². The van der Waals surface area contributed by atoms with Crippen LogP contribution >= 0.6 is 0 Å². The van der Waals surface area contributed by atoms with E-state index in [1.165, 1.54) is 5.56 Å². The number of pyridine rings is 1. The Morgan fingerprint density at radius 1 is 1.53 bits per heavy atom. The summed E-state index contributed by atoms with van der Waals surface area (Å²) in [6.07, 6.45) is 1.83. The molecule has 15 heavy (non-hydrogen) atoms. The SMILES string of the molecule is Cc1ncccc1CNCC1(C)COC1. The normalized spacial score (nSPS) is 18.5. The standard InChI is InChI=1S/C12H18N2O/c1-10-11(4-3-5-14-10)6-13-7-12(2)8-15-9-12/h3-5,13H,6-9H2,1-2H3. The van der Waals surface area contributed by atoms with Gasteiger partial charge in [0.1, 0.15) is 0 Å². The molecule has 0 atom stereocenters. The van der Waals surface area contributed by atoms with E-state index in [9.17, 15) is 0 Å². The topological polar surface area (TPSA) is 34.2 Å². The van der Waals surface area contributed by atoms with E-state index in [1.54, 1.807) is 0 Å². The van der Waals surface area contributed by atoms with Crippen molar-refractivity contribution in [3.05, 3.63) is 29.6 Å². The zero-order valence-electron chi connectivity index (χ0n) is 9.42. The van der Waals surface area contributed by atoms with Gasteiger partial charge in [-0.2, -0.15) is 0 Å². The molecule has 2 heterocycles. The van der Waals surface area contributed by atoms with Gasteiger partial charge >= 0.3 is 0 Å². The van der Waals surface area contributed by atoms with Crippen LogP contribution in [0.15, 0.2) is 18.3 Å². The molecule has 2 rings (SSSR count). The summed E-state index contributed by atoms with van der Waals surface area (Å²) in [7, 11) is 0. The van der Waals surface area contributed by atoms with Crippen molar-refractivity contribution in [2.75, 3.05) is 19.8 Å². The third-order valence-electron chi connectivity index (χ3n) is 2.88. The first-order valence-corrected chi connectivity index (χ1v) is 5.39. The summed E-state index contributed by atoms with van der Waals surface area (Å²) >= 11 is 0. The maximum atomic E-state index is 5.21. The summed E-state index contributed by atoms with van der Waals surface area (Å²) in [5.74, 6) is 0. The maximum Gasteiger partial charge on any atom is 0.0554 e. The van der Waals surface area contributed by atoms with Crippen molar-refractivity contribution in [1.82, 2.24) is 10.3 Å². The molecule has 3 heteroatoms. The first-order valence-electron chi connectivity index (χ1n) is 5.39. The molecule has 0 saturated carbocycles. The average molecular weight is 206 g/mol. The second-order valence-corrected chi connectivity index (χ2v) is 4.65. The van der Waals surface area contributed by atoms with E-state index in [0.29, 0.717) is 5.41 Å². The van der Waals surface area contributed by atoms with Crippen molar-refractivity contribution in [2.24, 2.45) is 5.41 Å². The monoisotopic (exact) mass is 206 g/mol. The van der Waals surface area contributed by atoms with Crippen LogP contribution in [0.2, 0.25) is 0 Å². The molecule has 0 spiro atoms. The molecular weight excluding hydrogens is 188 g/mol. The Labute approximate surface area is 90.9 Å². The van der Waals surface area contributed by atoms with Crippen LogP contribution in [0.4, 0.5) is 0 Å². The van der Waals surface area contributed by atoms with Crippen LogP contribution in [0, 0.1) is 12.3 Å². The molecule has 1 aliphatic heterocycles. The fourth-order valence-electron chi connectivity index (χ4n) is 1.76. The van der Waals surface area contributed by atoms with E-state index in [1.807, 2.05) is 19.2 Å². The first-order chi connectivity index (χ1) is 7.20. The van der Waals surface area contributed by atoms with Crippen LogP contribution in [-0.4, -0.2) is 24.7 Å². The van der Waals surface area contributed by atoms with Crippen LogP contribution in [0.3, 0.4) is 0 Å². The average Bonchev–Trinajstić information content (AvgIpc) is 2.18. The molecule has 1 aliphatic rings. The highest BCUT2D eigenvalue weighted by atomic mass is 16.5. The molecule has 1 fully saturated rings. The van der Waals surface area contributed by atoms with E-state index in [-0.39, 0.29) is 0 Å². The van der Waals surface area contributed by atoms with E-state index >= 15 is 0 Å². The summed E-state index contributed by atoms with van der Waals surface area (Å²) in [6, 6.07) is 4.10. The zero-order chi connectivity index (χ0) is 10.7. The number of aryl methyl sites for hydroxylation is 1. The maximum absolute atomic E-state index is 5.21. The molecule has 1 aromatic rings. The van der Waals surface area contributed by atoms with Gasteiger partial charge in [-0.15, -0.1) is 0 Å². The number of nitrogens with zero attached hydrogens (tertiary/aromatic N) is 1. The number of nitrogens with one attached hydrogen (secondary N) is 1. The fourth-order valence-corrected chi connectivity index (χ4v) is 1.76. The van der Waals surface area contributed by atoms with E-state index in [0.717, 1.165) is 32.0 Å². The van der Waals surface area contributed by atoms with Crippen molar-refractivity contribution in [1.29, 1.82) is 0 Å². The molecule has 0 unspecified atom stereocenters. The Balaban J connectivity index is 1.81. The second-order valence-electron chi connectivity index (χ2n) is 4.65. The minimum atomic E-state index is 0.343. The number of ether oxygens (including phenoxy) is 1. The van der Waals surface area contributed by atoms with Gasteiger partial charge in [0.25, 0.3) is 0 Å². The molecule has 0 radical (unpaired) electrons. The Morgan fingerprint density at radius 2 is 2.33 bits per heavy atom. The van der Waals surface area contributed by atoms with Crippen LogP contribution in [-0.2, 0) is 11.3 Å². The molecule has 1 aromatic heterocycles. The minimum Gasteiger partial charge on any atom is -0.380 e. The zero-order valence-corrected chi connectivity index (χ0v) is 9.42. The van der Waals surface area contributed by atoms with E-state index in [2.05, 4.69) is 23.3 Å². The molecule has 82 valence electrons. The summed E-state index contributed by atoms with van der Waals surface area (Å²) in [5.41, 5.74) is 2.73. The highest BCUT2D eigenvalue weighted by molar-refractivity contribution is 5.17. The van der Waals surface area contributed by atoms with Gasteiger partial charge in [-0.3, -0.25) is 4.98 Å². The molecule has 0 bridgehead atoms. The summed E-state index contributed by atoms with van der Waals surface area (Å²) < 4.78 is 5.21. The molecule has 1 saturated heterocycles. The molecule has 0 aliphatic carbocycles. The number of rotatable bonds is 4. The van der Waals surface area contributed by atoms with Gasteiger partial charge in [0, 0.05) is 30.4 Å². The lowest BCUT2D eigenvalue weighted by atomic mass is 9.89. The van der Waals surface area contributed by atoms with Crippen LogP contribution in [0.1, 0.15) is 18.2 Å². The molecule has 0 aromatic carbocycles. The molecule has 1 N–H and O–H groups in total. The predicted octanol–water partition coefficient (Wildman–Crippen LogP) is 1.52. The van der Waals surface area contributed by atoms with E-state index in [4.69, 9.17) is 4.74 Å². The van der Waals surface area contributed by atoms with Gasteiger partial charge in [0.2, 0.25) is 0 Å². The first kappa shape index (κ1) is 10.6. The lowest BCUT2D eigenvalue weighted by molar-refractivity contribution is -0.0991. The third-order valence-corrected chi connectivity index (χ3v) is 2.88. The molecular formula is C12H18N2O. The third kappa shape index (κ3) is 2.55. The van der Waals surface area contributed by atoms with Crippen molar-refractivity contribution < 1.29 is 4.74 Å². The quantitative estimate of drug-likeness (QED) is 0.811. The lowest BCUT2D eigenvalue weighted by Crippen LogP contribution is -2.47. The lowest BCUT2D eigenvalue weighted by Gasteiger charge is -2.38. The minimum absolute atomic E-state index is 0.343. The Morgan fingerprint density at radius 3 is 2.93 bits per heavy atom. The van der Waals surface area contributed by atoms with Gasteiger partial charge in [-0.05, 0) is 18.6 Å². The van der Waals surface area contributed by atoms with E-state index < -0.39 is 0 Å². The Hall–Kier alpha value is -0.930. The molecule has 0 amide bonds. The van der Waals surface area contributed by atoms with Crippen LogP contribution in [0.5, 0.6) is 0 Å². The summed E-state index contributed by atoms with van der Waals surface area (Å²) in [6.45, 7) is 7.97. The number of aromatic nitrogens is 1. The van der Waals surface area contributed by atoms with Gasteiger partial charge in [0.15, 0.2) is 0 Å². The fraction of sp³-hybridized carbons (Fsp3) is 0.583. The summed E-state index contributed by atoms with van der Waals surface area (Å²) in [4.78, 5) is 4.26. The number of hydrogen-bond acceptors (Lipinski definition) is 3. The Bertz CT molecular complexity index is 334. The highest BCUT2D eigenvalue weighted by Crippen LogP contribution is 2.25. The highest BCUT2D eigenvalue weighted by Gasteiger charge is 2.32. The van der Waals surface area contributed by atoms with Crippen LogP contribution < -0.4 is 5.32 Å².